The maximum absolute atomic E-state index is 13.5. The zero-order valence-electron chi connectivity index (χ0n) is 25.4. The summed E-state index contributed by atoms with van der Waals surface area (Å²) in [6.07, 6.45) is 1.63. The smallest absolute Gasteiger partial charge is 0.272 e. The van der Waals surface area contributed by atoms with Gasteiger partial charge in [-0.1, -0.05) is 62.4 Å². The molecule has 3 amide bonds. The van der Waals surface area contributed by atoms with Crippen LogP contribution in [0.3, 0.4) is 0 Å². The second-order valence-electron chi connectivity index (χ2n) is 10.7. The largest absolute Gasteiger partial charge is 0.325 e. The third-order valence-corrected chi connectivity index (χ3v) is 7.99. The lowest BCUT2D eigenvalue weighted by atomic mass is 10.0. The molecule has 1 unspecified atom stereocenters. The van der Waals surface area contributed by atoms with Gasteiger partial charge in [-0.25, -0.2) is 0 Å². The van der Waals surface area contributed by atoms with E-state index < -0.39 is 22.0 Å². The van der Waals surface area contributed by atoms with E-state index in [4.69, 9.17) is 0 Å². The Balaban J connectivity index is 1.48. The van der Waals surface area contributed by atoms with Crippen molar-refractivity contribution in [3.63, 3.8) is 0 Å². The Morgan fingerprint density at radius 1 is 0.844 bits per heavy atom. The van der Waals surface area contributed by atoms with E-state index in [-0.39, 0.29) is 17.3 Å². The summed E-state index contributed by atoms with van der Waals surface area (Å²) in [5.41, 5.74) is 3.92. The van der Waals surface area contributed by atoms with E-state index in [2.05, 4.69) is 29.8 Å². The first-order chi connectivity index (χ1) is 21.5. The lowest BCUT2D eigenvalue weighted by Crippen LogP contribution is -2.30. The van der Waals surface area contributed by atoms with Crippen LogP contribution in [0.15, 0.2) is 108 Å². The topological polar surface area (TPSA) is 130 Å². The molecule has 0 spiro atoms. The number of hydrogen-bond acceptors (Lipinski definition) is 6. The number of carbonyl (C=O) groups is 3. The molecule has 230 valence electrons. The van der Waals surface area contributed by atoms with Crippen molar-refractivity contribution in [2.24, 2.45) is 0 Å². The van der Waals surface area contributed by atoms with Crippen LogP contribution in [0.5, 0.6) is 0 Å². The molecular formula is C35H34N4O5S. The predicted molar refractivity (Wildman–Crippen MR) is 179 cm³/mol. The molecular weight excluding hydrogens is 588 g/mol. The average Bonchev–Trinajstić information content (AvgIpc) is 3.02. The molecule has 0 aliphatic heterocycles. The molecule has 4 aromatic rings. The molecule has 0 bridgehead atoms. The molecule has 0 fully saturated rings. The summed E-state index contributed by atoms with van der Waals surface area (Å²) in [7, 11) is 0. The van der Waals surface area contributed by atoms with Crippen LogP contribution in [0.25, 0.3) is 6.08 Å². The van der Waals surface area contributed by atoms with Crippen LogP contribution in [0.1, 0.15) is 53.7 Å². The van der Waals surface area contributed by atoms with Crippen molar-refractivity contribution < 1.29 is 19.3 Å². The van der Waals surface area contributed by atoms with E-state index >= 15 is 0 Å². The molecule has 0 aliphatic carbocycles. The summed E-state index contributed by atoms with van der Waals surface area (Å²) in [5, 5.41) is 18.9. The molecule has 45 heavy (non-hydrogen) atoms. The van der Waals surface area contributed by atoms with Gasteiger partial charge >= 0.3 is 0 Å². The molecule has 10 heteroatoms. The third kappa shape index (κ3) is 9.14. The van der Waals surface area contributed by atoms with Gasteiger partial charge in [0.15, 0.2) is 0 Å². The lowest BCUT2D eigenvalue weighted by molar-refractivity contribution is -0.384. The van der Waals surface area contributed by atoms with Gasteiger partial charge < -0.3 is 16.0 Å². The molecule has 0 heterocycles. The summed E-state index contributed by atoms with van der Waals surface area (Å²) in [6, 6.07) is 27.8. The number of hydrogen-bond donors (Lipinski definition) is 3. The number of nitro benzene ring substituents is 1. The van der Waals surface area contributed by atoms with E-state index in [1.54, 1.807) is 62.4 Å². The zero-order chi connectivity index (χ0) is 32.5. The van der Waals surface area contributed by atoms with Gasteiger partial charge in [0.25, 0.3) is 17.5 Å². The SMILES string of the molecule is Cc1cc([N+](=O)[O-])ccc1NC(=O)C(C)Sc1cccc(NC(=O)/C(=C\c2ccc(C(C)C)cc2)NC(=O)c2ccccc2)c1. The number of nitro groups is 1. The fourth-order valence-electron chi connectivity index (χ4n) is 4.33. The molecule has 0 saturated heterocycles. The Morgan fingerprint density at radius 2 is 1.56 bits per heavy atom. The maximum atomic E-state index is 13.5. The highest BCUT2D eigenvalue weighted by Gasteiger charge is 2.19. The number of nitrogens with zero attached hydrogens (tertiary/aromatic N) is 1. The van der Waals surface area contributed by atoms with Crippen molar-refractivity contribution in [1.29, 1.82) is 0 Å². The molecule has 3 N–H and O–H groups in total. The Morgan fingerprint density at radius 3 is 2.20 bits per heavy atom. The monoisotopic (exact) mass is 622 g/mol. The molecule has 0 saturated carbocycles. The summed E-state index contributed by atoms with van der Waals surface area (Å²) in [4.78, 5) is 50.7. The number of amides is 3. The molecule has 0 aliphatic rings. The summed E-state index contributed by atoms with van der Waals surface area (Å²) in [6.45, 7) is 7.64. The first-order valence-corrected chi connectivity index (χ1v) is 15.2. The standard InChI is InChI=1S/C35H34N4O5S/c1-22(2)26-15-13-25(14-16-26)20-32(38-34(41)27-9-6-5-7-10-27)35(42)36-28-11-8-12-30(21-28)45-24(4)33(40)37-31-18-17-29(39(43)44)19-23(31)3/h5-22,24H,1-4H3,(H,36,42)(H,37,40)(H,38,41)/b32-20+. The van der Waals surface area contributed by atoms with Crippen LogP contribution in [-0.2, 0) is 9.59 Å². The number of nitrogens with one attached hydrogen (secondary N) is 3. The van der Waals surface area contributed by atoms with Crippen molar-refractivity contribution in [2.45, 2.75) is 43.8 Å². The molecule has 4 rings (SSSR count). The first-order valence-electron chi connectivity index (χ1n) is 14.3. The van der Waals surface area contributed by atoms with Crippen LogP contribution in [-0.4, -0.2) is 27.9 Å². The number of thioether (sulfide) groups is 1. The molecule has 1 atom stereocenters. The Bertz CT molecular complexity index is 1740. The third-order valence-electron chi connectivity index (χ3n) is 6.90. The highest BCUT2D eigenvalue weighted by atomic mass is 32.2. The van der Waals surface area contributed by atoms with Crippen LogP contribution in [0, 0.1) is 17.0 Å². The Kier molecular flexibility index (Phi) is 10.9. The fraction of sp³-hybridized carbons (Fsp3) is 0.171. The molecule has 0 aromatic heterocycles. The number of anilines is 2. The number of aryl methyl sites for hydroxylation is 1. The van der Waals surface area contributed by atoms with Crippen molar-refractivity contribution in [2.75, 3.05) is 10.6 Å². The van der Waals surface area contributed by atoms with E-state index in [9.17, 15) is 24.5 Å². The molecule has 0 radical (unpaired) electrons. The van der Waals surface area contributed by atoms with Crippen molar-refractivity contribution in [3.05, 3.63) is 135 Å². The summed E-state index contributed by atoms with van der Waals surface area (Å²) < 4.78 is 0. The quantitative estimate of drug-likeness (QED) is 0.0685. The predicted octanol–water partition coefficient (Wildman–Crippen LogP) is 7.56. The van der Waals surface area contributed by atoms with Gasteiger partial charge in [-0.05, 0) is 78.9 Å². The molecule has 4 aromatic carbocycles. The normalized spacial score (nSPS) is 11.9. The second-order valence-corrected chi connectivity index (χ2v) is 12.1. The zero-order valence-corrected chi connectivity index (χ0v) is 26.2. The van der Waals surface area contributed by atoms with E-state index in [1.807, 2.05) is 36.4 Å². The van der Waals surface area contributed by atoms with Gasteiger partial charge in [0.2, 0.25) is 5.91 Å². The summed E-state index contributed by atoms with van der Waals surface area (Å²) in [5.74, 6) is -0.838. The lowest BCUT2D eigenvalue weighted by Gasteiger charge is -2.15. The minimum absolute atomic E-state index is 0.0477. The minimum Gasteiger partial charge on any atom is -0.325 e. The van der Waals surface area contributed by atoms with Gasteiger partial charge in [-0.2, -0.15) is 0 Å². The Labute approximate surface area is 266 Å². The van der Waals surface area contributed by atoms with Gasteiger partial charge in [0.1, 0.15) is 5.70 Å². The van der Waals surface area contributed by atoms with E-state index in [0.717, 1.165) is 16.0 Å². The number of carbonyl (C=O) groups excluding carboxylic acids is 3. The first kappa shape index (κ1) is 32.7. The van der Waals surface area contributed by atoms with E-state index in [1.165, 1.54) is 30.0 Å². The van der Waals surface area contributed by atoms with Gasteiger partial charge in [-0.3, -0.25) is 24.5 Å². The second kappa shape index (κ2) is 15.0. The van der Waals surface area contributed by atoms with Crippen molar-refractivity contribution in [3.8, 4) is 0 Å². The highest BCUT2D eigenvalue weighted by molar-refractivity contribution is 8.00. The highest BCUT2D eigenvalue weighted by Crippen LogP contribution is 2.28. The number of benzene rings is 4. The van der Waals surface area contributed by atoms with Crippen LogP contribution >= 0.6 is 11.8 Å². The van der Waals surface area contributed by atoms with E-state index in [0.29, 0.717) is 28.4 Å². The summed E-state index contributed by atoms with van der Waals surface area (Å²) >= 11 is 1.29. The number of non-ortho nitro benzene ring substituents is 1. The van der Waals surface area contributed by atoms with Gasteiger partial charge in [-0.15, -0.1) is 11.8 Å². The van der Waals surface area contributed by atoms with Crippen molar-refractivity contribution >= 4 is 52.6 Å². The average molecular weight is 623 g/mol. The molecule has 9 nitrogen and oxygen atoms in total. The van der Waals surface area contributed by atoms with Gasteiger partial charge in [0, 0.05) is 34.0 Å². The fourth-order valence-corrected chi connectivity index (χ4v) is 5.25. The minimum atomic E-state index is -0.514. The van der Waals surface area contributed by atoms with Gasteiger partial charge in [0.05, 0.1) is 10.2 Å². The van der Waals surface area contributed by atoms with Crippen LogP contribution < -0.4 is 16.0 Å². The maximum Gasteiger partial charge on any atom is 0.272 e. The van der Waals surface area contributed by atoms with Crippen LogP contribution in [0.4, 0.5) is 17.1 Å². The van der Waals surface area contributed by atoms with Crippen molar-refractivity contribution in [1.82, 2.24) is 5.32 Å². The number of rotatable bonds is 11. The Hall–Kier alpha value is -5.22. The van der Waals surface area contributed by atoms with Crippen LogP contribution in [0.2, 0.25) is 0 Å².